The summed E-state index contributed by atoms with van der Waals surface area (Å²) >= 11 is 0. The van der Waals surface area contributed by atoms with E-state index in [-0.39, 0.29) is 13.2 Å². The largest absolute Gasteiger partial charge is 0.394 e. The van der Waals surface area contributed by atoms with Crippen molar-refractivity contribution in [3.8, 4) is 0 Å². The molecule has 0 heterocycles. The highest BCUT2D eigenvalue weighted by molar-refractivity contribution is 5.14. The Bertz CT molecular complexity index is 251. The summed E-state index contributed by atoms with van der Waals surface area (Å²) in [6.07, 6.45) is 0. The van der Waals surface area contributed by atoms with Crippen molar-refractivity contribution in [3.05, 3.63) is 40.8 Å². The normalized spacial score (nSPS) is 9.62. The van der Waals surface area contributed by atoms with E-state index in [1.807, 2.05) is 30.3 Å². The van der Waals surface area contributed by atoms with Crippen LogP contribution < -0.4 is 0 Å². The zero-order valence-electron chi connectivity index (χ0n) is 7.26. The maximum atomic E-state index is 10.3. The summed E-state index contributed by atoms with van der Waals surface area (Å²) in [4.78, 5) is 10.3. The van der Waals surface area contributed by atoms with Crippen LogP contribution in [-0.4, -0.2) is 23.3 Å². The van der Waals surface area contributed by atoms with E-state index in [0.717, 1.165) is 5.56 Å². The van der Waals surface area contributed by atoms with Gasteiger partial charge in [-0.1, -0.05) is 30.3 Å². The van der Waals surface area contributed by atoms with Crippen molar-refractivity contribution in [2.45, 2.75) is 6.54 Å². The molecule has 0 bridgehead atoms. The molecule has 0 aliphatic rings. The Kier molecular flexibility index (Phi) is 3.92. The first-order chi connectivity index (χ1) is 6.36. The molecule has 0 saturated carbocycles. The van der Waals surface area contributed by atoms with E-state index in [4.69, 9.17) is 5.11 Å². The fraction of sp³-hybridized carbons (Fsp3) is 0.333. The molecule has 70 valence electrons. The van der Waals surface area contributed by atoms with Crippen molar-refractivity contribution in [2.75, 3.05) is 13.2 Å². The SMILES string of the molecule is O=NN(CCO)Cc1ccccc1. The molecule has 1 rings (SSSR count). The van der Waals surface area contributed by atoms with Gasteiger partial charge in [-0.2, -0.15) is 0 Å². The van der Waals surface area contributed by atoms with E-state index in [1.165, 1.54) is 5.01 Å². The number of rotatable bonds is 5. The zero-order valence-corrected chi connectivity index (χ0v) is 7.26. The van der Waals surface area contributed by atoms with Crippen LogP contribution in [0, 0.1) is 4.91 Å². The van der Waals surface area contributed by atoms with E-state index < -0.39 is 0 Å². The van der Waals surface area contributed by atoms with Gasteiger partial charge in [0.15, 0.2) is 0 Å². The quantitative estimate of drug-likeness (QED) is 0.546. The average Bonchev–Trinajstić information content (AvgIpc) is 2.19. The van der Waals surface area contributed by atoms with E-state index in [1.54, 1.807) is 0 Å². The monoisotopic (exact) mass is 180 g/mol. The van der Waals surface area contributed by atoms with Gasteiger partial charge in [0, 0.05) is 0 Å². The Morgan fingerprint density at radius 2 is 2.00 bits per heavy atom. The fourth-order valence-electron chi connectivity index (χ4n) is 1.06. The molecule has 0 spiro atoms. The molecule has 0 atom stereocenters. The van der Waals surface area contributed by atoms with Crippen LogP contribution in [0.15, 0.2) is 35.6 Å². The fourth-order valence-corrected chi connectivity index (χ4v) is 1.06. The molecule has 13 heavy (non-hydrogen) atoms. The van der Waals surface area contributed by atoms with Gasteiger partial charge in [-0.05, 0) is 5.56 Å². The summed E-state index contributed by atoms with van der Waals surface area (Å²) < 4.78 is 0. The predicted molar refractivity (Wildman–Crippen MR) is 49.7 cm³/mol. The Hall–Kier alpha value is -1.42. The van der Waals surface area contributed by atoms with Gasteiger partial charge in [0.05, 0.1) is 25.0 Å². The van der Waals surface area contributed by atoms with Crippen LogP contribution in [0.4, 0.5) is 0 Å². The number of nitroso groups, excluding NO2 is 1. The summed E-state index contributed by atoms with van der Waals surface area (Å²) in [7, 11) is 0. The van der Waals surface area contributed by atoms with Crippen LogP contribution in [0.2, 0.25) is 0 Å². The van der Waals surface area contributed by atoms with Crippen LogP contribution >= 0.6 is 0 Å². The Balaban J connectivity index is 2.51. The molecule has 0 unspecified atom stereocenters. The van der Waals surface area contributed by atoms with Gasteiger partial charge in [0.25, 0.3) is 0 Å². The second-order valence-electron chi connectivity index (χ2n) is 2.68. The lowest BCUT2D eigenvalue weighted by atomic mass is 10.2. The molecule has 0 saturated heterocycles. The van der Waals surface area contributed by atoms with Crippen molar-refractivity contribution in [1.82, 2.24) is 5.01 Å². The van der Waals surface area contributed by atoms with Gasteiger partial charge in [0.2, 0.25) is 0 Å². The van der Waals surface area contributed by atoms with E-state index in [0.29, 0.717) is 6.54 Å². The second-order valence-corrected chi connectivity index (χ2v) is 2.68. The highest BCUT2D eigenvalue weighted by Crippen LogP contribution is 2.03. The van der Waals surface area contributed by atoms with Crippen LogP contribution in [0.3, 0.4) is 0 Å². The lowest BCUT2D eigenvalue weighted by Gasteiger charge is -2.12. The molecular weight excluding hydrogens is 168 g/mol. The molecule has 1 aromatic rings. The third kappa shape index (κ3) is 3.21. The smallest absolute Gasteiger partial charge is 0.0643 e. The molecule has 0 amide bonds. The highest BCUT2D eigenvalue weighted by Gasteiger charge is 2.01. The third-order valence-electron chi connectivity index (χ3n) is 1.68. The molecular formula is C9H12N2O2. The van der Waals surface area contributed by atoms with Crippen molar-refractivity contribution in [2.24, 2.45) is 5.29 Å². The third-order valence-corrected chi connectivity index (χ3v) is 1.68. The van der Waals surface area contributed by atoms with Crippen LogP contribution in [-0.2, 0) is 6.54 Å². The lowest BCUT2D eigenvalue weighted by Crippen LogP contribution is -2.19. The topological polar surface area (TPSA) is 52.9 Å². The minimum Gasteiger partial charge on any atom is -0.394 e. The summed E-state index contributed by atoms with van der Waals surface area (Å²) in [5, 5.41) is 12.7. The molecule has 1 N–H and O–H groups in total. The molecule has 4 nitrogen and oxygen atoms in total. The Morgan fingerprint density at radius 1 is 1.31 bits per heavy atom. The molecule has 0 aromatic heterocycles. The van der Waals surface area contributed by atoms with Gasteiger partial charge in [-0.3, -0.25) is 5.01 Å². The molecule has 4 heteroatoms. The van der Waals surface area contributed by atoms with E-state index in [9.17, 15) is 4.91 Å². The first-order valence-corrected chi connectivity index (χ1v) is 4.10. The van der Waals surface area contributed by atoms with Crippen LogP contribution in [0.5, 0.6) is 0 Å². The highest BCUT2D eigenvalue weighted by atomic mass is 16.3. The van der Waals surface area contributed by atoms with Gasteiger partial charge in [0.1, 0.15) is 0 Å². The van der Waals surface area contributed by atoms with Crippen LogP contribution in [0.1, 0.15) is 5.56 Å². The lowest BCUT2D eigenvalue weighted by molar-refractivity contribution is 0.193. The number of aliphatic hydroxyl groups excluding tert-OH is 1. The average molecular weight is 180 g/mol. The van der Waals surface area contributed by atoms with E-state index >= 15 is 0 Å². The van der Waals surface area contributed by atoms with Gasteiger partial charge < -0.3 is 5.11 Å². The standard InChI is InChI=1S/C9H12N2O2/c12-7-6-11(10-13)8-9-4-2-1-3-5-9/h1-5,12H,6-8H2. The summed E-state index contributed by atoms with van der Waals surface area (Å²) in [6, 6.07) is 9.54. The molecule has 0 fully saturated rings. The molecule has 0 aliphatic carbocycles. The minimum absolute atomic E-state index is 0.0570. The zero-order chi connectivity index (χ0) is 9.52. The van der Waals surface area contributed by atoms with Crippen molar-refractivity contribution >= 4 is 0 Å². The number of hydrogen-bond acceptors (Lipinski definition) is 3. The van der Waals surface area contributed by atoms with Gasteiger partial charge in [-0.15, -0.1) is 4.91 Å². The number of nitrogens with zero attached hydrogens (tertiary/aromatic N) is 2. The number of aliphatic hydroxyl groups is 1. The minimum atomic E-state index is -0.0570. The van der Waals surface area contributed by atoms with Gasteiger partial charge >= 0.3 is 0 Å². The van der Waals surface area contributed by atoms with Crippen molar-refractivity contribution in [1.29, 1.82) is 0 Å². The summed E-state index contributed by atoms with van der Waals surface area (Å²) in [6.45, 7) is 0.669. The molecule has 0 aliphatic heterocycles. The first-order valence-electron chi connectivity index (χ1n) is 4.10. The Labute approximate surface area is 76.7 Å². The molecule has 1 aromatic carbocycles. The second kappa shape index (κ2) is 5.27. The van der Waals surface area contributed by atoms with E-state index in [2.05, 4.69) is 5.29 Å². The summed E-state index contributed by atoms with van der Waals surface area (Å²) in [5.41, 5.74) is 1.01. The number of hydrogen-bond donors (Lipinski definition) is 1. The maximum absolute atomic E-state index is 10.3. The summed E-state index contributed by atoms with van der Waals surface area (Å²) in [5.74, 6) is 0. The maximum Gasteiger partial charge on any atom is 0.0643 e. The van der Waals surface area contributed by atoms with Crippen molar-refractivity contribution in [3.63, 3.8) is 0 Å². The first kappa shape index (κ1) is 9.67. The van der Waals surface area contributed by atoms with Gasteiger partial charge in [-0.25, -0.2) is 0 Å². The molecule has 0 radical (unpaired) electrons. The predicted octanol–water partition coefficient (Wildman–Crippen LogP) is 1.16. The van der Waals surface area contributed by atoms with Crippen molar-refractivity contribution < 1.29 is 5.11 Å². The number of benzene rings is 1. The van der Waals surface area contributed by atoms with Crippen LogP contribution in [0.25, 0.3) is 0 Å². The Morgan fingerprint density at radius 3 is 2.54 bits per heavy atom.